The molecule has 10 heteroatoms. The van der Waals surface area contributed by atoms with Gasteiger partial charge in [0.15, 0.2) is 0 Å². The van der Waals surface area contributed by atoms with Crippen molar-refractivity contribution in [3.05, 3.63) is 100 Å². The number of ether oxygens (including phenoxy) is 1. The summed E-state index contributed by atoms with van der Waals surface area (Å²) in [6.07, 6.45) is 1.39. The number of allylic oxidation sites excluding steroid dienone is 1. The van der Waals surface area contributed by atoms with Crippen LogP contribution in [0.1, 0.15) is 24.0 Å². The molecule has 3 aromatic rings. The number of benzene rings is 2. The molecule has 194 valence electrons. The first kappa shape index (κ1) is 26.1. The maximum Gasteiger partial charge on any atom is 0.340 e. The quantitative estimate of drug-likeness (QED) is 0.291. The zero-order chi connectivity index (χ0) is 27.4. The molecule has 0 radical (unpaired) electrons. The largest absolute Gasteiger partial charge is 0.465 e. The van der Waals surface area contributed by atoms with Crippen molar-refractivity contribution in [2.45, 2.75) is 20.4 Å². The molecule has 0 unspecified atom stereocenters. The Hall–Kier alpha value is -4.99. The van der Waals surface area contributed by atoms with Crippen LogP contribution in [0.4, 0.5) is 15.8 Å². The Balaban J connectivity index is 1.48. The summed E-state index contributed by atoms with van der Waals surface area (Å²) in [5.41, 5.74) is 2.27. The van der Waals surface area contributed by atoms with E-state index in [0.717, 1.165) is 5.56 Å². The van der Waals surface area contributed by atoms with Crippen LogP contribution in [-0.2, 0) is 30.5 Å². The summed E-state index contributed by atoms with van der Waals surface area (Å²) in [5, 5.41) is 4.97. The molecule has 2 heterocycles. The second-order valence-electron chi connectivity index (χ2n) is 8.43. The molecule has 2 aromatic carbocycles. The first-order valence-corrected chi connectivity index (χ1v) is 11.5. The van der Waals surface area contributed by atoms with Gasteiger partial charge in [0.1, 0.15) is 17.3 Å². The van der Waals surface area contributed by atoms with Gasteiger partial charge in [-0.25, -0.2) is 9.18 Å². The summed E-state index contributed by atoms with van der Waals surface area (Å²) in [6, 6.07) is 15.4. The van der Waals surface area contributed by atoms with Crippen molar-refractivity contribution in [3.63, 3.8) is 0 Å². The molecule has 0 fully saturated rings. The molecule has 1 aliphatic heterocycles. The number of carbonyl (C=O) groups is 4. The fourth-order valence-electron chi connectivity index (χ4n) is 3.86. The SMILES string of the molecule is COC(=O)C1=C(C)N(c2ccc(F)cc2)C(=O)/C1=C/c1ccc(CNC(=O)C(=O)Nc2ccc(C)cc2)o1. The predicted octanol–water partition coefficient (Wildman–Crippen LogP) is 3.86. The lowest BCUT2D eigenvalue weighted by molar-refractivity contribution is -0.136. The summed E-state index contributed by atoms with van der Waals surface area (Å²) in [4.78, 5) is 51.4. The zero-order valence-corrected chi connectivity index (χ0v) is 20.8. The summed E-state index contributed by atoms with van der Waals surface area (Å²) in [6.45, 7) is 3.40. The van der Waals surface area contributed by atoms with Gasteiger partial charge in [0, 0.05) is 17.1 Å². The zero-order valence-electron chi connectivity index (χ0n) is 20.8. The van der Waals surface area contributed by atoms with Crippen LogP contribution in [0.25, 0.3) is 6.08 Å². The minimum atomic E-state index is -0.852. The van der Waals surface area contributed by atoms with Gasteiger partial charge < -0.3 is 19.8 Å². The first-order valence-electron chi connectivity index (χ1n) is 11.5. The molecular weight excluding hydrogens is 493 g/mol. The van der Waals surface area contributed by atoms with E-state index in [0.29, 0.717) is 22.8 Å². The molecule has 0 aliphatic carbocycles. The number of esters is 1. The van der Waals surface area contributed by atoms with E-state index in [1.165, 1.54) is 42.4 Å². The molecular formula is C28H24FN3O6. The highest BCUT2D eigenvalue weighted by molar-refractivity contribution is 6.39. The number of hydrogen-bond donors (Lipinski definition) is 2. The van der Waals surface area contributed by atoms with Crippen LogP contribution in [0.3, 0.4) is 0 Å². The van der Waals surface area contributed by atoms with Crippen LogP contribution in [0.2, 0.25) is 0 Å². The Labute approximate surface area is 217 Å². The van der Waals surface area contributed by atoms with Crippen molar-refractivity contribution < 1.29 is 32.7 Å². The molecule has 38 heavy (non-hydrogen) atoms. The van der Waals surface area contributed by atoms with Gasteiger partial charge in [0.05, 0.1) is 24.8 Å². The van der Waals surface area contributed by atoms with E-state index in [2.05, 4.69) is 10.6 Å². The van der Waals surface area contributed by atoms with Gasteiger partial charge in [0.25, 0.3) is 5.91 Å². The van der Waals surface area contributed by atoms with Crippen LogP contribution in [0.15, 0.2) is 81.9 Å². The lowest BCUT2D eigenvalue weighted by atomic mass is 10.1. The smallest absolute Gasteiger partial charge is 0.340 e. The Morgan fingerprint density at radius 1 is 0.974 bits per heavy atom. The van der Waals surface area contributed by atoms with Crippen molar-refractivity contribution in [3.8, 4) is 0 Å². The number of nitrogens with zero attached hydrogens (tertiary/aromatic N) is 1. The molecule has 1 aliphatic rings. The van der Waals surface area contributed by atoms with E-state index < -0.39 is 29.5 Å². The summed E-state index contributed by atoms with van der Waals surface area (Å²) < 4.78 is 24.0. The molecule has 3 amide bonds. The van der Waals surface area contributed by atoms with Gasteiger partial charge in [-0.1, -0.05) is 17.7 Å². The summed E-state index contributed by atoms with van der Waals surface area (Å²) in [5.74, 6) is -2.84. The van der Waals surface area contributed by atoms with Gasteiger partial charge in [-0.2, -0.15) is 0 Å². The van der Waals surface area contributed by atoms with Crippen molar-refractivity contribution in [1.82, 2.24) is 5.32 Å². The van der Waals surface area contributed by atoms with Crippen molar-refractivity contribution in [2.75, 3.05) is 17.3 Å². The lowest BCUT2D eigenvalue weighted by Gasteiger charge is -2.17. The lowest BCUT2D eigenvalue weighted by Crippen LogP contribution is -2.34. The monoisotopic (exact) mass is 517 g/mol. The Morgan fingerprint density at radius 2 is 1.66 bits per heavy atom. The number of halogens is 1. The number of amides is 3. The number of nitrogens with one attached hydrogen (secondary N) is 2. The minimum Gasteiger partial charge on any atom is -0.465 e. The van der Waals surface area contributed by atoms with Gasteiger partial charge in [-0.15, -0.1) is 0 Å². The van der Waals surface area contributed by atoms with E-state index >= 15 is 0 Å². The van der Waals surface area contributed by atoms with E-state index in [1.54, 1.807) is 31.2 Å². The highest BCUT2D eigenvalue weighted by atomic mass is 19.1. The third-order valence-corrected chi connectivity index (χ3v) is 5.78. The van der Waals surface area contributed by atoms with Gasteiger partial charge in [0.2, 0.25) is 0 Å². The van der Waals surface area contributed by atoms with Crippen molar-refractivity contribution in [2.24, 2.45) is 0 Å². The molecule has 2 N–H and O–H groups in total. The second-order valence-corrected chi connectivity index (χ2v) is 8.43. The van der Waals surface area contributed by atoms with E-state index in [4.69, 9.17) is 9.15 Å². The van der Waals surface area contributed by atoms with Gasteiger partial charge in [-0.3, -0.25) is 19.3 Å². The third kappa shape index (κ3) is 5.54. The molecule has 0 spiro atoms. The number of furan rings is 1. The Bertz CT molecular complexity index is 1470. The fourth-order valence-corrected chi connectivity index (χ4v) is 3.86. The fraction of sp³-hybridized carbons (Fsp3) is 0.143. The molecule has 9 nitrogen and oxygen atoms in total. The second kappa shape index (κ2) is 11.0. The van der Waals surface area contributed by atoms with Crippen LogP contribution < -0.4 is 15.5 Å². The summed E-state index contributed by atoms with van der Waals surface area (Å²) >= 11 is 0. The van der Waals surface area contributed by atoms with E-state index in [-0.39, 0.29) is 23.5 Å². The Morgan fingerprint density at radius 3 is 2.32 bits per heavy atom. The molecule has 1 aromatic heterocycles. The molecule has 0 saturated carbocycles. The number of carbonyl (C=O) groups excluding carboxylic acids is 4. The molecule has 0 atom stereocenters. The third-order valence-electron chi connectivity index (χ3n) is 5.78. The normalized spacial score (nSPS) is 14.2. The van der Waals surface area contributed by atoms with Gasteiger partial charge in [-0.05, 0) is 68.5 Å². The number of rotatable bonds is 6. The standard InChI is InChI=1S/C28H24FN3O6/c1-16-4-8-19(9-5-16)31-26(34)25(33)30-15-22-13-12-21(38-22)14-23-24(28(36)37-3)17(2)32(27(23)35)20-10-6-18(29)7-11-20/h4-14H,15H2,1-3H3,(H,30,33)(H,31,34)/b23-14+. The highest BCUT2D eigenvalue weighted by Crippen LogP contribution is 2.35. The molecule has 0 saturated heterocycles. The van der Waals surface area contributed by atoms with Crippen LogP contribution in [0.5, 0.6) is 0 Å². The summed E-state index contributed by atoms with van der Waals surface area (Å²) in [7, 11) is 1.20. The van der Waals surface area contributed by atoms with Crippen LogP contribution >= 0.6 is 0 Å². The number of anilines is 2. The van der Waals surface area contributed by atoms with Crippen molar-refractivity contribution >= 4 is 41.1 Å². The Kier molecular flexibility index (Phi) is 7.52. The maximum absolute atomic E-state index is 13.4. The predicted molar refractivity (Wildman–Crippen MR) is 137 cm³/mol. The van der Waals surface area contributed by atoms with Crippen molar-refractivity contribution in [1.29, 1.82) is 0 Å². The average Bonchev–Trinajstić information content (AvgIpc) is 3.45. The number of hydrogen-bond acceptors (Lipinski definition) is 6. The van der Waals surface area contributed by atoms with E-state index in [1.807, 2.05) is 19.1 Å². The van der Waals surface area contributed by atoms with E-state index in [9.17, 15) is 23.6 Å². The molecule has 4 rings (SSSR count). The first-order chi connectivity index (χ1) is 18.2. The molecule has 0 bridgehead atoms. The maximum atomic E-state index is 13.4. The number of aryl methyl sites for hydroxylation is 1. The van der Waals surface area contributed by atoms with Gasteiger partial charge >= 0.3 is 17.8 Å². The topological polar surface area (TPSA) is 118 Å². The average molecular weight is 518 g/mol. The van der Waals surface area contributed by atoms with Crippen LogP contribution in [-0.4, -0.2) is 30.8 Å². The number of methoxy groups -OCH3 is 1. The minimum absolute atomic E-state index is 0.0288. The highest BCUT2D eigenvalue weighted by Gasteiger charge is 2.38. The van der Waals surface area contributed by atoms with Crippen LogP contribution in [0, 0.1) is 12.7 Å².